The zero-order valence-corrected chi connectivity index (χ0v) is 13.2. The van der Waals surface area contributed by atoms with Gasteiger partial charge in [0.05, 0.1) is 22.3 Å². The maximum atomic E-state index is 11.0. The summed E-state index contributed by atoms with van der Waals surface area (Å²) >= 11 is 6.65. The van der Waals surface area contributed by atoms with Crippen molar-refractivity contribution in [3.63, 3.8) is 0 Å². The molecule has 2 nitrogen and oxygen atoms in total. The van der Waals surface area contributed by atoms with Crippen LogP contribution in [0.5, 0.6) is 0 Å². The van der Waals surface area contributed by atoms with Crippen LogP contribution < -0.4 is 0 Å². The molecule has 3 aromatic rings. The van der Waals surface area contributed by atoms with Crippen LogP contribution in [0.25, 0.3) is 22.2 Å². The number of hydrogen-bond donors (Lipinski definition) is 1. The van der Waals surface area contributed by atoms with E-state index in [0.29, 0.717) is 5.02 Å². The summed E-state index contributed by atoms with van der Waals surface area (Å²) < 4.78 is 0. The lowest BCUT2D eigenvalue weighted by molar-refractivity contribution is 0.0984. The van der Waals surface area contributed by atoms with Gasteiger partial charge in [-0.25, -0.2) is 4.98 Å². The molecule has 0 aliphatic heterocycles. The molecule has 2 aromatic carbocycles. The molecule has 1 aliphatic rings. The van der Waals surface area contributed by atoms with Crippen molar-refractivity contribution < 1.29 is 5.11 Å². The van der Waals surface area contributed by atoms with Gasteiger partial charge in [0.25, 0.3) is 0 Å². The molecular weight excluding hydrogens is 294 g/mol. The molecule has 1 aliphatic carbocycles. The Morgan fingerprint density at radius 1 is 1.05 bits per heavy atom. The molecule has 0 saturated heterocycles. The first-order chi connectivity index (χ1) is 10.5. The minimum Gasteiger partial charge on any atom is -0.387 e. The number of fused-ring (bicyclic) bond motifs is 4. The van der Waals surface area contributed by atoms with Gasteiger partial charge in [0, 0.05) is 21.9 Å². The van der Waals surface area contributed by atoms with Gasteiger partial charge in [-0.05, 0) is 11.6 Å². The van der Waals surface area contributed by atoms with Crippen LogP contribution in [0, 0.1) is 0 Å². The van der Waals surface area contributed by atoms with Crippen molar-refractivity contribution in [1.82, 2.24) is 4.98 Å². The quantitative estimate of drug-likeness (QED) is 0.642. The smallest absolute Gasteiger partial charge is 0.0917 e. The third kappa shape index (κ3) is 1.68. The topological polar surface area (TPSA) is 33.1 Å². The zero-order chi connectivity index (χ0) is 15.5. The molecule has 1 atom stereocenters. The lowest BCUT2D eigenvalue weighted by Crippen LogP contribution is -2.31. The van der Waals surface area contributed by atoms with Crippen LogP contribution in [0.1, 0.15) is 31.1 Å². The Bertz CT molecular complexity index is 901. The van der Waals surface area contributed by atoms with Crippen LogP contribution >= 0.6 is 11.6 Å². The number of benzene rings is 2. The number of aliphatic hydroxyl groups is 1. The van der Waals surface area contributed by atoms with Gasteiger partial charge in [0.2, 0.25) is 0 Å². The van der Waals surface area contributed by atoms with Crippen molar-refractivity contribution in [2.24, 2.45) is 0 Å². The third-order valence-corrected chi connectivity index (χ3v) is 5.10. The van der Waals surface area contributed by atoms with E-state index < -0.39 is 11.5 Å². The summed E-state index contributed by atoms with van der Waals surface area (Å²) in [7, 11) is 0. The molecule has 1 aromatic heterocycles. The number of rotatable bonds is 0. The molecule has 4 rings (SSSR count). The number of para-hydroxylation sites is 1. The van der Waals surface area contributed by atoms with E-state index in [4.69, 9.17) is 16.6 Å². The van der Waals surface area contributed by atoms with Gasteiger partial charge in [-0.3, -0.25) is 0 Å². The van der Waals surface area contributed by atoms with E-state index in [1.54, 1.807) is 0 Å². The van der Waals surface area contributed by atoms with Gasteiger partial charge in [-0.1, -0.05) is 67.9 Å². The highest BCUT2D eigenvalue weighted by Crippen LogP contribution is 2.51. The minimum absolute atomic E-state index is 0.405. The average molecular weight is 310 g/mol. The predicted octanol–water partition coefficient (Wildman–Crippen LogP) is 4.88. The fourth-order valence-electron chi connectivity index (χ4n) is 3.40. The van der Waals surface area contributed by atoms with Crippen molar-refractivity contribution in [1.29, 1.82) is 0 Å². The molecular formula is C19H16ClNO. The number of pyridine rings is 1. The second-order valence-corrected chi connectivity index (χ2v) is 6.75. The van der Waals surface area contributed by atoms with Crippen LogP contribution in [0.4, 0.5) is 0 Å². The molecule has 0 amide bonds. The number of halogens is 1. The number of hydrogen-bond acceptors (Lipinski definition) is 2. The van der Waals surface area contributed by atoms with Crippen molar-refractivity contribution in [3.05, 3.63) is 64.7 Å². The maximum Gasteiger partial charge on any atom is 0.0917 e. The fourth-order valence-corrected chi connectivity index (χ4v) is 3.75. The van der Waals surface area contributed by atoms with Crippen LogP contribution in [0.2, 0.25) is 5.02 Å². The summed E-state index contributed by atoms with van der Waals surface area (Å²) in [4.78, 5) is 4.79. The Labute approximate surface area is 134 Å². The van der Waals surface area contributed by atoms with Crippen LogP contribution in [-0.4, -0.2) is 10.1 Å². The highest BCUT2D eigenvalue weighted by molar-refractivity contribution is 6.36. The molecule has 110 valence electrons. The van der Waals surface area contributed by atoms with Crippen molar-refractivity contribution in [2.75, 3.05) is 0 Å². The van der Waals surface area contributed by atoms with E-state index in [1.165, 1.54) is 0 Å². The molecule has 1 heterocycles. The minimum atomic E-state index is -0.679. The van der Waals surface area contributed by atoms with Gasteiger partial charge in [0.15, 0.2) is 0 Å². The lowest BCUT2D eigenvalue weighted by Gasteiger charge is -2.38. The Balaban J connectivity index is 2.17. The van der Waals surface area contributed by atoms with Gasteiger partial charge >= 0.3 is 0 Å². The van der Waals surface area contributed by atoms with Crippen molar-refractivity contribution in [3.8, 4) is 11.3 Å². The first-order valence-electron chi connectivity index (χ1n) is 7.38. The van der Waals surface area contributed by atoms with Crippen LogP contribution in [-0.2, 0) is 5.41 Å². The van der Waals surface area contributed by atoms with Gasteiger partial charge in [-0.2, -0.15) is 0 Å². The third-order valence-electron chi connectivity index (χ3n) is 4.70. The largest absolute Gasteiger partial charge is 0.387 e. The molecule has 0 radical (unpaired) electrons. The summed E-state index contributed by atoms with van der Waals surface area (Å²) in [6.07, 6.45) is -0.679. The zero-order valence-electron chi connectivity index (χ0n) is 12.5. The standard InChI is InChI=1S/C19H16ClNO/c1-19(2)13-9-5-3-7-11(13)17-15(18(19)22)16(20)12-8-4-6-10-14(12)21-17/h3-10,18,22H,1-2H3. The monoisotopic (exact) mass is 309 g/mol. The Morgan fingerprint density at radius 3 is 2.55 bits per heavy atom. The Kier molecular flexibility index (Phi) is 2.84. The highest BCUT2D eigenvalue weighted by atomic mass is 35.5. The number of nitrogens with zero attached hydrogens (tertiary/aromatic N) is 1. The van der Waals surface area contributed by atoms with Crippen LogP contribution in [0.3, 0.4) is 0 Å². The number of aliphatic hydroxyl groups excluding tert-OH is 1. The van der Waals surface area contributed by atoms with E-state index in [1.807, 2.05) is 50.2 Å². The summed E-state index contributed by atoms with van der Waals surface area (Å²) in [5, 5.41) is 12.4. The SMILES string of the molecule is CC1(C)c2ccccc2-c2nc3ccccc3c(Cl)c2C1O. The Morgan fingerprint density at radius 2 is 1.73 bits per heavy atom. The Hall–Kier alpha value is -1.90. The average Bonchev–Trinajstić information content (AvgIpc) is 2.53. The number of aromatic nitrogens is 1. The van der Waals surface area contributed by atoms with Gasteiger partial charge in [-0.15, -0.1) is 0 Å². The van der Waals surface area contributed by atoms with E-state index in [0.717, 1.165) is 33.3 Å². The molecule has 0 spiro atoms. The summed E-state index contributed by atoms with van der Waals surface area (Å²) in [6.45, 7) is 4.09. The first kappa shape index (κ1) is 13.7. The molecule has 3 heteroatoms. The second kappa shape index (κ2) is 4.55. The van der Waals surface area contributed by atoms with E-state index in [9.17, 15) is 5.11 Å². The molecule has 0 saturated carbocycles. The molecule has 0 bridgehead atoms. The molecule has 0 fully saturated rings. The van der Waals surface area contributed by atoms with E-state index in [-0.39, 0.29) is 0 Å². The molecule has 22 heavy (non-hydrogen) atoms. The molecule has 1 unspecified atom stereocenters. The molecule has 1 N–H and O–H groups in total. The normalized spacial score (nSPS) is 18.8. The van der Waals surface area contributed by atoms with Crippen molar-refractivity contribution in [2.45, 2.75) is 25.4 Å². The maximum absolute atomic E-state index is 11.0. The van der Waals surface area contributed by atoms with Gasteiger partial charge in [0.1, 0.15) is 0 Å². The van der Waals surface area contributed by atoms with Crippen molar-refractivity contribution >= 4 is 22.5 Å². The van der Waals surface area contributed by atoms with Crippen LogP contribution in [0.15, 0.2) is 48.5 Å². The summed E-state index contributed by atoms with van der Waals surface area (Å²) in [6, 6.07) is 15.9. The second-order valence-electron chi connectivity index (χ2n) is 6.38. The lowest BCUT2D eigenvalue weighted by atomic mass is 9.69. The fraction of sp³-hybridized carbons (Fsp3) is 0.211. The predicted molar refractivity (Wildman–Crippen MR) is 90.2 cm³/mol. The summed E-state index contributed by atoms with van der Waals surface area (Å²) in [5.74, 6) is 0. The van der Waals surface area contributed by atoms with Gasteiger partial charge < -0.3 is 5.11 Å². The first-order valence-corrected chi connectivity index (χ1v) is 7.75. The highest BCUT2D eigenvalue weighted by Gasteiger charge is 2.41. The summed E-state index contributed by atoms with van der Waals surface area (Å²) in [5.41, 5.74) is 4.15. The van der Waals surface area contributed by atoms with E-state index >= 15 is 0 Å². The van der Waals surface area contributed by atoms with E-state index in [2.05, 4.69) is 12.1 Å².